The van der Waals surface area contributed by atoms with Crippen molar-refractivity contribution < 1.29 is 14.2 Å². The van der Waals surface area contributed by atoms with Crippen LogP contribution in [0.4, 0.5) is 0 Å². The molecular formula is C22H19N3O4S. The van der Waals surface area contributed by atoms with Crippen LogP contribution >= 0.6 is 11.3 Å². The van der Waals surface area contributed by atoms with E-state index in [1.54, 1.807) is 32.4 Å². The fraction of sp³-hybridized carbons (Fsp3) is 0.136. The van der Waals surface area contributed by atoms with Crippen LogP contribution in [-0.4, -0.2) is 35.4 Å². The summed E-state index contributed by atoms with van der Waals surface area (Å²) in [5.74, 6) is 2.44. The first-order valence-electron chi connectivity index (χ1n) is 9.10. The largest absolute Gasteiger partial charge is 0.497 e. The summed E-state index contributed by atoms with van der Waals surface area (Å²) in [5, 5.41) is 4.37. The molecule has 0 radical (unpaired) electrons. The highest BCUT2D eigenvalue weighted by atomic mass is 32.1. The molecule has 0 amide bonds. The minimum atomic E-state index is -0.215. The quantitative estimate of drug-likeness (QED) is 0.427. The summed E-state index contributed by atoms with van der Waals surface area (Å²) in [7, 11) is 3.18. The van der Waals surface area contributed by atoms with Crippen molar-refractivity contribution in [1.82, 2.24) is 14.6 Å². The van der Waals surface area contributed by atoms with Crippen molar-refractivity contribution in [2.75, 3.05) is 20.8 Å². The van der Waals surface area contributed by atoms with Gasteiger partial charge in [0.05, 0.1) is 18.8 Å². The van der Waals surface area contributed by atoms with Crippen LogP contribution in [0.5, 0.6) is 17.2 Å². The maximum atomic E-state index is 12.8. The first-order valence-corrected chi connectivity index (χ1v) is 9.92. The molecule has 7 nitrogen and oxygen atoms in total. The zero-order valence-corrected chi connectivity index (χ0v) is 17.3. The van der Waals surface area contributed by atoms with Gasteiger partial charge in [-0.05, 0) is 48.0 Å². The zero-order chi connectivity index (χ0) is 21.1. The van der Waals surface area contributed by atoms with Crippen LogP contribution < -0.4 is 24.3 Å². The molecule has 0 saturated heterocycles. The maximum absolute atomic E-state index is 12.8. The molecule has 4 rings (SSSR count). The number of hydrogen-bond acceptors (Lipinski definition) is 7. The number of nitrogens with zero attached hydrogens (tertiary/aromatic N) is 3. The fourth-order valence-corrected chi connectivity index (χ4v) is 3.80. The van der Waals surface area contributed by atoms with E-state index in [0.717, 1.165) is 16.9 Å². The van der Waals surface area contributed by atoms with Gasteiger partial charge in [-0.3, -0.25) is 4.79 Å². The minimum Gasteiger partial charge on any atom is -0.497 e. The van der Waals surface area contributed by atoms with Crippen LogP contribution in [0, 0.1) is 0 Å². The standard InChI is InChI=1S/C22H19N3O4S/c1-4-11-29-17-10-5-14(12-18(17)28-3)13-19-21(26)25-22(30-19)23-20(24-25)15-6-8-16(27-2)9-7-15/h4-10,12-13H,1,11H2,2-3H3/b19-13+. The Labute approximate surface area is 176 Å². The van der Waals surface area contributed by atoms with Crippen LogP contribution in [0.25, 0.3) is 22.4 Å². The van der Waals surface area contributed by atoms with Crippen molar-refractivity contribution in [3.05, 3.63) is 75.6 Å². The van der Waals surface area contributed by atoms with E-state index < -0.39 is 0 Å². The van der Waals surface area contributed by atoms with E-state index in [4.69, 9.17) is 14.2 Å². The minimum absolute atomic E-state index is 0.215. The summed E-state index contributed by atoms with van der Waals surface area (Å²) in [5.41, 5.74) is 1.42. The predicted molar refractivity (Wildman–Crippen MR) is 117 cm³/mol. The molecule has 30 heavy (non-hydrogen) atoms. The second-order valence-corrected chi connectivity index (χ2v) is 7.29. The smallest absolute Gasteiger partial charge is 0.291 e. The van der Waals surface area contributed by atoms with Gasteiger partial charge in [0.2, 0.25) is 4.96 Å². The number of aromatic nitrogens is 3. The highest BCUT2D eigenvalue weighted by Crippen LogP contribution is 2.28. The highest BCUT2D eigenvalue weighted by molar-refractivity contribution is 7.15. The lowest BCUT2D eigenvalue weighted by Gasteiger charge is -2.09. The van der Waals surface area contributed by atoms with Crippen molar-refractivity contribution in [3.8, 4) is 28.6 Å². The van der Waals surface area contributed by atoms with Crippen LogP contribution in [0.3, 0.4) is 0 Å². The monoisotopic (exact) mass is 421 g/mol. The summed E-state index contributed by atoms with van der Waals surface area (Å²) < 4.78 is 18.0. The van der Waals surface area contributed by atoms with E-state index in [-0.39, 0.29) is 5.56 Å². The second kappa shape index (κ2) is 8.38. The molecule has 2 aromatic carbocycles. The molecule has 2 heterocycles. The highest BCUT2D eigenvalue weighted by Gasteiger charge is 2.12. The van der Waals surface area contributed by atoms with Gasteiger partial charge in [-0.2, -0.15) is 9.50 Å². The molecular weight excluding hydrogens is 402 g/mol. The first kappa shape index (κ1) is 19.7. The lowest BCUT2D eigenvalue weighted by molar-refractivity contribution is 0.326. The normalized spacial score (nSPS) is 11.6. The van der Waals surface area contributed by atoms with E-state index >= 15 is 0 Å². The Morgan fingerprint density at radius 1 is 1.10 bits per heavy atom. The van der Waals surface area contributed by atoms with Gasteiger partial charge in [-0.25, -0.2) is 0 Å². The van der Waals surface area contributed by atoms with Gasteiger partial charge < -0.3 is 14.2 Å². The van der Waals surface area contributed by atoms with Crippen LogP contribution in [0.2, 0.25) is 0 Å². The lowest BCUT2D eigenvalue weighted by Crippen LogP contribution is -2.23. The number of methoxy groups -OCH3 is 2. The predicted octanol–water partition coefficient (Wildman–Crippen LogP) is 2.95. The molecule has 8 heteroatoms. The summed E-state index contributed by atoms with van der Waals surface area (Å²) in [4.78, 5) is 17.8. The van der Waals surface area contributed by atoms with Crippen molar-refractivity contribution in [2.24, 2.45) is 0 Å². The summed E-state index contributed by atoms with van der Waals surface area (Å²) in [6.45, 7) is 4.02. The Balaban J connectivity index is 1.69. The Hall–Kier alpha value is -3.65. The van der Waals surface area contributed by atoms with E-state index in [0.29, 0.717) is 33.4 Å². The number of hydrogen-bond donors (Lipinski definition) is 0. The van der Waals surface area contributed by atoms with E-state index in [1.807, 2.05) is 36.4 Å². The van der Waals surface area contributed by atoms with Gasteiger partial charge in [0.1, 0.15) is 12.4 Å². The molecule has 152 valence electrons. The maximum Gasteiger partial charge on any atom is 0.291 e. The Morgan fingerprint density at radius 2 is 1.90 bits per heavy atom. The van der Waals surface area contributed by atoms with Gasteiger partial charge in [0.15, 0.2) is 17.3 Å². The van der Waals surface area contributed by atoms with Gasteiger partial charge in [-0.15, -0.1) is 5.10 Å². The van der Waals surface area contributed by atoms with Crippen LogP contribution in [0.1, 0.15) is 5.56 Å². The third-order valence-corrected chi connectivity index (χ3v) is 5.33. The average Bonchev–Trinajstić information content (AvgIpc) is 3.32. The molecule has 4 aromatic rings. The Bertz CT molecular complexity index is 1310. The first-order chi connectivity index (χ1) is 14.6. The SMILES string of the molecule is C=CCOc1ccc(/C=c2/sc3nc(-c4ccc(OC)cc4)nn3c2=O)cc1OC. The molecule has 2 aromatic heterocycles. The van der Waals surface area contributed by atoms with Crippen molar-refractivity contribution >= 4 is 22.4 Å². The number of benzene rings is 2. The Kier molecular flexibility index (Phi) is 5.49. The molecule has 0 N–H and O–H groups in total. The zero-order valence-electron chi connectivity index (χ0n) is 16.5. The van der Waals surface area contributed by atoms with Gasteiger partial charge in [-0.1, -0.05) is 30.1 Å². The van der Waals surface area contributed by atoms with Gasteiger partial charge in [0.25, 0.3) is 5.56 Å². The molecule has 0 bridgehead atoms. The molecule has 0 unspecified atom stereocenters. The molecule has 0 fully saturated rings. The molecule has 0 spiro atoms. The lowest BCUT2D eigenvalue weighted by atomic mass is 10.2. The topological polar surface area (TPSA) is 75.0 Å². The van der Waals surface area contributed by atoms with Crippen LogP contribution in [-0.2, 0) is 0 Å². The number of thiazole rings is 1. The van der Waals surface area contributed by atoms with Crippen LogP contribution in [0.15, 0.2) is 59.9 Å². The third-order valence-electron chi connectivity index (χ3n) is 4.37. The fourth-order valence-electron chi connectivity index (χ4n) is 2.89. The molecule has 0 saturated carbocycles. The molecule has 0 atom stereocenters. The van der Waals surface area contributed by atoms with E-state index in [1.165, 1.54) is 15.9 Å². The molecule has 0 aliphatic carbocycles. The number of ether oxygens (including phenoxy) is 3. The summed E-state index contributed by atoms with van der Waals surface area (Å²) in [6.07, 6.45) is 3.45. The van der Waals surface area contributed by atoms with Crippen molar-refractivity contribution in [2.45, 2.75) is 0 Å². The van der Waals surface area contributed by atoms with E-state index in [2.05, 4.69) is 16.7 Å². The molecule has 0 aliphatic rings. The van der Waals surface area contributed by atoms with Gasteiger partial charge in [0, 0.05) is 5.56 Å². The Morgan fingerprint density at radius 3 is 2.57 bits per heavy atom. The molecule has 0 aliphatic heterocycles. The summed E-state index contributed by atoms with van der Waals surface area (Å²) >= 11 is 1.28. The number of fused-ring (bicyclic) bond motifs is 1. The van der Waals surface area contributed by atoms with Crippen molar-refractivity contribution in [3.63, 3.8) is 0 Å². The van der Waals surface area contributed by atoms with Crippen molar-refractivity contribution in [1.29, 1.82) is 0 Å². The van der Waals surface area contributed by atoms with E-state index in [9.17, 15) is 4.79 Å². The van der Waals surface area contributed by atoms with Gasteiger partial charge >= 0.3 is 0 Å². The average molecular weight is 421 g/mol. The number of rotatable bonds is 7. The summed E-state index contributed by atoms with van der Waals surface area (Å²) in [6, 6.07) is 12.9. The second-order valence-electron chi connectivity index (χ2n) is 6.28. The third kappa shape index (κ3) is 3.77.